The van der Waals surface area contributed by atoms with Crippen molar-refractivity contribution >= 4 is 21.7 Å². The maximum Gasteiger partial charge on any atom is 0.158 e. The first-order valence-corrected chi connectivity index (χ1v) is 7.83. The van der Waals surface area contributed by atoms with Crippen LogP contribution in [0.3, 0.4) is 0 Å². The van der Waals surface area contributed by atoms with Crippen LogP contribution in [0.5, 0.6) is 0 Å². The summed E-state index contributed by atoms with van der Waals surface area (Å²) in [5, 5.41) is 7.86. The van der Waals surface area contributed by atoms with Gasteiger partial charge in [-0.3, -0.25) is 9.48 Å². The fourth-order valence-electron chi connectivity index (χ4n) is 2.90. The summed E-state index contributed by atoms with van der Waals surface area (Å²) in [6.45, 7) is 7.85. The zero-order chi connectivity index (χ0) is 14.0. The van der Waals surface area contributed by atoms with Crippen LogP contribution in [0.2, 0.25) is 0 Å². The van der Waals surface area contributed by atoms with Gasteiger partial charge in [0.15, 0.2) is 5.78 Å². The van der Waals surface area contributed by atoms with E-state index in [0.29, 0.717) is 12.2 Å². The Kier molecular flexibility index (Phi) is 4.46. The molecule has 0 spiro atoms. The van der Waals surface area contributed by atoms with Crippen LogP contribution >= 0.6 is 15.9 Å². The van der Waals surface area contributed by atoms with E-state index in [0.717, 1.165) is 48.2 Å². The first-order valence-electron chi connectivity index (χ1n) is 7.04. The van der Waals surface area contributed by atoms with Crippen LogP contribution in [0.1, 0.15) is 44.5 Å². The normalized spacial score (nSPS) is 22.9. The molecule has 2 heterocycles. The number of ketones is 1. The number of nitrogens with one attached hydrogen (secondary N) is 1. The number of carbonyl (C=O) groups excluding carboxylic acids is 1. The lowest BCUT2D eigenvalue weighted by Crippen LogP contribution is -2.48. The molecule has 1 atom stereocenters. The van der Waals surface area contributed by atoms with Crippen LogP contribution in [-0.2, 0) is 17.8 Å². The first-order chi connectivity index (χ1) is 9.04. The van der Waals surface area contributed by atoms with E-state index in [1.165, 1.54) is 0 Å². The SMILES string of the molecule is CCn1nc(C)c(Br)c1CC(=O)C1(CC)CCCN1. The molecule has 1 fully saturated rings. The number of halogens is 1. The Morgan fingerprint density at radius 2 is 2.26 bits per heavy atom. The van der Waals surface area contributed by atoms with E-state index in [1.807, 2.05) is 11.6 Å². The Labute approximate surface area is 123 Å². The monoisotopic (exact) mass is 327 g/mol. The minimum atomic E-state index is -0.309. The van der Waals surface area contributed by atoms with Gasteiger partial charge in [-0.1, -0.05) is 6.92 Å². The van der Waals surface area contributed by atoms with Crippen LogP contribution in [-0.4, -0.2) is 27.6 Å². The zero-order valence-corrected chi connectivity index (χ0v) is 13.5. The van der Waals surface area contributed by atoms with Crippen molar-refractivity contribution in [1.29, 1.82) is 0 Å². The molecular formula is C14H22BrN3O. The van der Waals surface area contributed by atoms with E-state index >= 15 is 0 Å². The average Bonchev–Trinajstić information content (AvgIpc) is 2.99. The van der Waals surface area contributed by atoms with Gasteiger partial charge in [0.25, 0.3) is 0 Å². The lowest BCUT2D eigenvalue weighted by Gasteiger charge is -2.26. The third-order valence-corrected chi connectivity index (χ3v) is 5.19. The van der Waals surface area contributed by atoms with Crippen LogP contribution in [0.25, 0.3) is 0 Å². The van der Waals surface area contributed by atoms with Gasteiger partial charge in [-0.25, -0.2) is 0 Å². The summed E-state index contributed by atoms with van der Waals surface area (Å²) in [5.74, 6) is 0.294. The Hall–Kier alpha value is -0.680. The highest BCUT2D eigenvalue weighted by Gasteiger charge is 2.39. The molecule has 106 valence electrons. The summed E-state index contributed by atoms with van der Waals surface area (Å²) in [5.41, 5.74) is 1.65. The molecule has 0 amide bonds. The Balaban J connectivity index is 2.23. The van der Waals surface area contributed by atoms with E-state index in [-0.39, 0.29) is 5.54 Å². The zero-order valence-electron chi connectivity index (χ0n) is 11.9. The molecule has 5 heteroatoms. The quantitative estimate of drug-likeness (QED) is 0.904. The second-order valence-electron chi connectivity index (χ2n) is 5.23. The molecule has 1 aliphatic heterocycles. The standard InChI is InChI=1S/C14H22BrN3O/c1-4-14(7-6-8-16-14)12(19)9-11-13(15)10(3)17-18(11)5-2/h16H,4-9H2,1-3H3. The van der Waals surface area contributed by atoms with E-state index in [2.05, 4.69) is 40.2 Å². The number of aryl methyl sites for hydroxylation is 2. The summed E-state index contributed by atoms with van der Waals surface area (Å²) in [4.78, 5) is 12.7. The fraction of sp³-hybridized carbons (Fsp3) is 0.714. The summed E-state index contributed by atoms with van der Waals surface area (Å²) in [6.07, 6.45) is 3.37. The lowest BCUT2D eigenvalue weighted by molar-refractivity contribution is -0.124. The van der Waals surface area contributed by atoms with Gasteiger partial charge in [-0.15, -0.1) is 0 Å². The maximum absolute atomic E-state index is 12.7. The summed E-state index contributed by atoms with van der Waals surface area (Å²) < 4.78 is 2.90. The van der Waals surface area contributed by atoms with Crippen molar-refractivity contribution < 1.29 is 4.79 Å². The molecule has 0 bridgehead atoms. The molecule has 0 aliphatic carbocycles. The molecule has 19 heavy (non-hydrogen) atoms. The fourth-order valence-corrected chi connectivity index (χ4v) is 3.33. The third kappa shape index (κ3) is 2.63. The molecule has 1 aliphatic rings. The number of hydrogen-bond acceptors (Lipinski definition) is 3. The predicted molar refractivity (Wildman–Crippen MR) is 79.3 cm³/mol. The van der Waals surface area contributed by atoms with Crippen molar-refractivity contribution in [3.05, 3.63) is 15.9 Å². The highest BCUT2D eigenvalue weighted by molar-refractivity contribution is 9.10. The molecule has 2 rings (SSSR count). The second-order valence-corrected chi connectivity index (χ2v) is 6.02. The van der Waals surface area contributed by atoms with Crippen molar-refractivity contribution in [2.45, 2.75) is 58.5 Å². The predicted octanol–water partition coefficient (Wildman–Crippen LogP) is 2.62. The number of nitrogens with zero attached hydrogens (tertiary/aromatic N) is 2. The van der Waals surface area contributed by atoms with Crippen molar-refractivity contribution in [3.8, 4) is 0 Å². The minimum absolute atomic E-state index is 0.294. The Bertz CT molecular complexity index is 475. The van der Waals surface area contributed by atoms with Gasteiger partial charge in [-0.2, -0.15) is 5.10 Å². The van der Waals surface area contributed by atoms with Gasteiger partial charge >= 0.3 is 0 Å². The molecule has 4 nitrogen and oxygen atoms in total. The van der Waals surface area contributed by atoms with E-state index in [1.54, 1.807) is 0 Å². The number of aromatic nitrogens is 2. The van der Waals surface area contributed by atoms with Crippen molar-refractivity contribution in [1.82, 2.24) is 15.1 Å². The number of rotatable bonds is 5. The smallest absolute Gasteiger partial charge is 0.158 e. The highest BCUT2D eigenvalue weighted by atomic mass is 79.9. The molecule has 1 aromatic rings. The number of hydrogen-bond donors (Lipinski definition) is 1. The van der Waals surface area contributed by atoms with E-state index in [4.69, 9.17) is 0 Å². The van der Waals surface area contributed by atoms with Crippen LogP contribution in [0.15, 0.2) is 4.47 Å². The molecule has 1 aromatic heterocycles. The van der Waals surface area contributed by atoms with Gasteiger partial charge in [0, 0.05) is 6.54 Å². The Morgan fingerprint density at radius 3 is 2.79 bits per heavy atom. The van der Waals surface area contributed by atoms with Crippen molar-refractivity contribution in [2.75, 3.05) is 6.54 Å². The van der Waals surface area contributed by atoms with Crippen LogP contribution < -0.4 is 5.32 Å². The molecule has 0 saturated carbocycles. The topological polar surface area (TPSA) is 46.9 Å². The average molecular weight is 328 g/mol. The number of Topliss-reactive ketones (excluding diaryl/α,β-unsaturated/α-hetero) is 1. The molecule has 1 unspecified atom stereocenters. The van der Waals surface area contributed by atoms with Crippen molar-refractivity contribution in [2.24, 2.45) is 0 Å². The molecule has 0 aromatic carbocycles. The molecule has 0 radical (unpaired) electrons. The van der Waals surface area contributed by atoms with Gasteiger partial charge in [0.05, 0.1) is 27.8 Å². The lowest BCUT2D eigenvalue weighted by atomic mass is 9.87. The maximum atomic E-state index is 12.7. The molecule has 1 N–H and O–H groups in total. The highest BCUT2D eigenvalue weighted by Crippen LogP contribution is 2.28. The van der Waals surface area contributed by atoms with E-state index < -0.39 is 0 Å². The number of carbonyl (C=O) groups is 1. The first kappa shape index (κ1) is 14.7. The summed E-state index contributed by atoms with van der Waals surface area (Å²) in [6, 6.07) is 0. The van der Waals surface area contributed by atoms with Crippen molar-refractivity contribution in [3.63, 3.8) is 0 Å². The minimum Gasteiger partial charge on any atom is -0.305 e. The molecular weight excluding hydrogens is 306 g/mol. The summed E-state index contributed by atoms with van der Waals surface area (Å²) in [7, 11) is 0. The summed E-state index contributed by atoms with van der Waals surface area (Å²) >= 11 is 3.56. The van der Waals surface area contributed by atoms with Crippen LogP contribution in [0.4, 0.5) is 0 Å². The van der Waals surface area contributed by atoms with Gasteiger partial charge in [-0.05, 0) is 55.6 Å². The van der Waals surface area contributed by atoms with Gasteiger partial charge in [0.1, 0.15) is 0 Å². The van der Waals surface area contributed by atoms with Gasteiger partial charge < -0.3 is 5.32 Å². The molecule has 1 saturated heterocycles. The second kappa shape index (κ2) is 5.75. The largest absolute Gasteiger partial charge is 0.305 e. The van der Waals surface area contributed by atoms with E-state index in [9.17, 15) is 4.79 Å². The van der Waals surface area contributed by atoms with Gasteiger partial charge in [0.2, 0.25) is 0 Å². The van der Waals surface area contributed by atoms with Crippen LogP contribution in [0, 0.1) is 6.92 Å². The Morgan fingerprint density at radius 1 is 1.53 bits per heavy atom. The third-order valence-electron chi connectivity index (χ3n) is 4.16.